The number of pyridine rings is 1. The summed E-state index contributed by atoms with van der Waals surface area (Å²) in [5, 5.41) is 14.5. The third kappa shape index (κ3) is 8.59. The SMILES string of the molecule is CC(=O)N1CCC(Nc2cc(C(=O)CC[C@@H](O)CN3CCc4c(C)c(OCc5ocnc5C)cc(F)c4C3)cc(N3CCCCC3)n2)CC1. The molecule has 3 aliphatic rings. The Morgan fingerprint density at radius 1 is 1.08 bits per heavy atom. The number of β-amino-alcohol motifs (C(OH)–C–C–N with tert-alkyl or cyclic N) is 1. The van der Waals surface area contributed by atoms with Crippen molar-refractivity contribution in [1.29, 1.82) is 0 Å². The van der Waals surface area contributed by atoms with E-state index in [4.69, 9.17) is 14.1 Å². The molecule has 6 rings (SSSR count). The van der Waals surface area contributed by atoms with E-state index in [1.165, 1.54) is 18.9 Å². The van der Waals surface area contributed by atoms with Crippen molar-refractivity contribution in [3.05, 3.63) is 64.1 Å². The number of ether oxygens (including phenoxy) is 1. The molecule has 0 radical (unpaired) electrons. The number of carbonyl (C=O) groups is 2. The average molecular weight is 677 g/mol. The number of benzene rings is 1. The van der Waals surface area contributed by atoms with Crippen molar-refractivity contribution < 1.29 is 28.2 Å². The van der Waals surface area contributed by atoms with Gasteiger partial charge in [0.05, 0.1) is 11.8 Å². The maximum Gasteiger partial charge on any atom is 0.219 e. The van der Waals surface area contributed by atoms with Gasteiger partial charge in [0.2, 0.25) is 5.91 Å². The minimum Gasteiger partial charge on any atom is -0.485 e. The Balaban J connectivity index is 1.05. The number of nitrogens with one attached hydrogen (secondary N) is 1. The van der Waals surface area contributed by atoms with Gasteiger partial charge in [-0.3, -0.25) is 14.5 Å². The third-order valence-electron chi connectivity index (χ3n) is 10.3. The van der Waals surface area contributed by atoms with Gasteiger partial charge in [-0.15, -0.1) is 0 Å². The number of halogens is 1. The topological polar surface area (TPSA) is 124 Å². The highest BCUT2D eigenvalue weighted by Crippen LogP contribution is 2.33. The number of aliphatic hydroxyl groups is 1. The van der Waals surface area contributed by atoms with E-state index in [9.17, 15) is 14.7 Å². The van der Waals surface area contributed by atoms with Gasteiger partial charge < -0.3 is 29.4 Å². The van der Waals surface area contributed by atoms with Gasteiger partial charge in [0.1, 0.15) is 29.8 Å². The quantitative estimate of drug-likeness (QED) is 0.248. The summed E-state index contributed by atoms with van der Waals surface area (Å²) in [6, 6.07) is 5.33. The van der Waals surface area contributed by atoms with Crippen LogP contribution in [0.1, 0.15) is 90.4 Å². The number of Topliss-reactive ketones (excluding diaryl/α,β-unsaturated/α-hetero) is 1. The van der Waals surface area contributed by atoms with E-state index in [1.54, 1.807) is 6.92 Å². The molecule has 264 valence electrons. The number of nitrogens with zero attached hydrogens (tertiary/aromatic N) is 5. The molecule has 0 aliphatic carbocycles. The monoisotopic (exact) mass is 676 g/mol. The van der Waals surface area contributed by atoms with Crippen LogP contribution in [0.15, 0.2) is 29.0 Å². The lowest BCUT2D eigenvalue weighted by molar-refractivity contribution is -0.129. The summed E-state index contributed by atoms with van der Waals surface area (Å²) in [4.78, 5) is 40.5. The molecule has 0 bridgehead atoms. The van der Waals surface area contributed by atoms with Crippen molar-refractivity contribution in [2.24, 2.45) is 0 Å². The van der Waals surface area contributed by atoms with Crippen LogP contribution in [-0.2, 0) is 24.4 Å². The van der Waals surface area contributed by atoms with Crippen LogP contribution in [0, 0.1) is 19.7 Å². The molecular weight excluding hydrogens is 627 g/mol. The Bertz CT molecular complexity index is 1630. The molecule has 0 unspecified atom stereocenters. The van der Waals surface area contributed by atoms with E-state index in [0.29, 0.717) is 74.0 Å². The maximum atomic E-state index is 15.3. The zero-order valence-electron chi connectivity index (χ0n) is 29.0. The normalized spacial score (nSPS) is 17.9. The zero-order chi connectivity index (χ0) is 34.5. The van der Waals surface area contributed by atoms with E-state index in [-0.39, 0.29) is 36.6 Å². The van der Waals surface area contributed by atoms with Gasteiger partial charge in [0, 0.05) is 82.4 Å². The van der Waals surface area contributed by atoms with Gasteiger partial charge in [-0.25, -0.2) is 14.4 Å². The third-order valence-corrected chi connectivity index (χ3v) is 10.3. The first-order chi connectivity index (χ1) is 23.6. The summed E-state index contributed by atoms with van der Waals surface area (Å²) in [6.07, 6.45) is 6.84. The molecule has 5 heterocycles. The van der Waals surface area contributed by atoms with Gasteiger partial charge in [0.15, 0.2) is 17.9 Å². The fraction of sp³-hybridized carbons (Fsp3) is 0.568. The van der Waals surface area contributed by atoms with E-state index in [2.05, 4.69) is 20.1 Å². The number of fused-ring (bicyclic) bond motifs is 1. The second-order valence-electron chi connectivity index (χ2n) is 13.8. The first kappa shape index (κ1) is 34.8. The summed E-state index contributed by atoms with van der Waals surface area (Å²) < 4.78 is 26.6. The van der Waals surface area contributed by atoms with Crippen LogP contribution in [0.25, 0.3) is 0 Å². The number of rotatable bonds is 12. The number of amides is 1. The molecule has 1 atom stereocenters. The minimum atomic E-state index is -0.727. The van der Waals surface area contributed by atoms with Gasteiger partial charge in [-0.2, -0.15) is 0 Å². The van der Waals surface area contributed by atoms with Crippen LogP contribution in [0.3, 0.4) is 0 Å². The van der Waals surface area contributed by atoms with Gasteiger partial charge in [-0.1, -0.05) is 0 Å². The number of likely N-dealkylation sites (tertiary alicyclic amines) is 1. The lowest BCUT2D eigenvalue weighted by atomic mass is 9.93. The van der Waals surface area contributed by atoms with Gasteiger partial charge in [-0.05, 0) is 82.1 Å². The lowest BCUT2D eigenvalue weighted by Crippen LogP contribution is -2.41. The van der Waals surface area contributed by atoms with Crippen LogP contribution in [0.5, 0.6) is 5.75 Å². The number of ketones is 1. The molecule has 11 nitrogen and oxygen atoms in total. The number of oxazole rings is 1. The largest absolute Gasteiger partial charge is 0.485 e. The molecule has 3 aromatic rings. The minimum absolute atomic E-state index is 0.0344. The van der Waals surface area contributed by atoms with Gasteiger partial charge >= 0.3 is 0 Å². The number of carbonyl (C=O) groups excluding carboxylic acids is 2. The standard InChI is InChI=1S/C37H49FN6O5/c1-24-30-11-14-42(21-31(30)32(38)19-34(24)48-22-35-25(2)39-23-49-35)20-29(46)7-8-33(47)27-17-36(40-28-9-15-43(16-10-28)26(3)45)41-37(18-27)44-12-5-4-6-13-44/h17-19,23,28-29,46H,4-16,20-22H2,1-3H3,(H,40,41)/t29-/m1/s1. The number of anilines is 2. The summed E-state index contributed by atoms with van der Waals surface area (Å²) in [7, 11) is 0. The fourth-order valence-electron chi connectivity index (χ4n) is 7.24. The van der Waals surface area contributed by atoms with Crippen LogP contribution in [0.2, 0.25) is 0 Å². The highest BCUT2D eigenvalue weighted by Gasteiger charge is 2.26. The number of aliphatic hydroxyl groups excluding tert-OH is 1. The number of hydrogen-bond acceptors (Lipinski definition) is 10. The highest BCUT2D eigenvalue weighted by atomic mass is 19.1. The van der Waals surface area contributed by atoms with Crippen molar-refractivity contribution in [3.63, 3.8) is 0 Å². The van der Waals surface area contributed by atoms with Gasteiger partial charge in [0.25, 0.3) is 0 Å². The van der Waals surface area contributed by atoms with Crippen LogP contribution in [0.4, 0.5) is 16.0 Å². The molecule has 49 heavy (non-hydrogen) atoms. The van der Waals surface area contributed by atoms with E-state index in [0.717, 1.165) is 61.4 Å². The first-order valence-corrected chi connectivity index (χ1v) is 17.7. The molecule has 1 amide bonds. The Morgan fingerprint density at radius 3 is 2.57 bits per heavy atom. The number of aromatic nitrogens is 2. The molecule has 2 fully saturated rings. The smallest absolute Gasteiger partial charge is 0.219 e. The molecule has 12 heteroatoms. The van der Waals surface area contributed by atoms with Crippen LogP contribution in [-0.4, -0.2) is 88.0 Å². The summed E-state index contributed by atoms with van der Waals surface area (Å²) >= 11 is 0. The zero-order valence-corrected chi connectivity index (χ0v) is 29.0. The molecule has 2 N–H and O–H groups in total. The predicted octanol–water partition coefficient (Wildman–Crippen LogP) is 5.20. The average Bonchev–Trinajstić information content (AvgIpc) is 3.52. The Morgan fingerprint density at radius 2 is 1.86 bits per heavy atom. The fourth-order valence-corrected chi connectivity index (χ4v) is 7.24. The molecule has 1 aromatic carbocycles. The number of aryl methyl sites for hydroxylation is 1. The lowest BCUT2D eigenvalue weighted by Gasteiger charge is -2.32. The molecule has 2 aromatic heterocycles. The maximum absolute atomic E-state index is 15.3. The van der Waals surface area contributed by atoms with E-state index >= 15 is 4.39 Å². The van der Waals surface area contributed by atoms with Crippen molar-refractivity contribution in [3.8, 4) is 5.75 Å². The van der Waals surface area contributed by atoms with Crippen LogP contribution < -0.4 is 15.0 Å². The van der Waals surface area contributed by atoms with Crippen molar-refractivity contribution >= 4 is 23.3 Å². The van der Waals surface area contributed by atoms with Crippen molar-refractivity contribution in [2.45, 2.75) is 97.4 Å². The predicted molar refractivity (Wildman–Crippen MR) is 184 cm³/mol. The Hall–Kier alpha value is -4.03. The number of piperidine rings is 2. The van der Waals surface area contributed by atoms with E-state index < -0.39 is 6.10 Å². The Kier molecular flexibility index (Phi) is 11.1. The molecule has 0 spiro atoms. The second kappa shape index (κ2) is 15.7. The molecular formula is C37H49FN6O5. The summed E-state index contributed by atoms with van der Waals surface area (Å²) in [5.41, 5.74) is 3.82. The molecule has 0 saturated carbocycles. The first-order valence-electron chi connectivity index (χ1n) is 17.7. The number of hydrogen-bond donors (Lipinski definition) is 2. The van der Waals surface area contributed by atoms with Crippen LogP contribution >= 0.6 is 0 Å². The highest BCUT2D eigenvalue weighted by molar-refractivity contribution is 5.97. The Labute approximate surface area is 287 Å². The van der Waals surface area contributed by atoms with Crippen molar-refractivity contribution in [2.75, 3.05) is 49.5 Å². The molecule has 2 saturated heterocycles. The molecule has 3 aliphatic heterocycles. The second-order valence-corrected chi connectivity index (χ2v) is 13.8. The summed E-state index contributed by atoms with van der Waals surface area (Å²) in [5.74, 6) is 2.33. The van der Waals surface area contributed by atoms with E-state index in [1.807, 2.05) is 30.9 Å². The summed E-state index contributed by atoms with van der Waals surface area (Å²) in [6.45, 7) is 10.2. The van der Waals surface area contributed by atoms with Crippen molar-refractivity contribution in [1.82, 2.24) is 19.8 Å².